The number of rotatable bonds is 4. The minimum absolute atomic E-state index is 0.133. The Morgan fingerprint density at radius 2 is 2.15 bits per heavy atom. The minimum Gasteiger partial charge on any atom is -0.365 e. The molecule has 4 N–H and O–H groups in total. The fourth-order valence-corrected chi connectivity index (χ4v) is 4.75. The number of fused-ring (bicyclic) bond motifs is 1. The summed E-state index contributed by atoms with van der Waals surface area (Å²) in [4.78, 5) is 35.8. The Balaban J connectivity index is 1.94. The van der Waals surface area contributed by atoms with Gasteiger partial charge in [0.25, 0.3) is 11.8 Å². The fourth-order valence-electron chi connectivity index (χ4n) is 3.42. The average molecular weight is 391 g/mol. The quantitative estimate of drug-likeness (QED) is 0.542. The molecule has 3 rings (SSSR count). The van der Waals surface area contributed by atoms with Gasteiger partial charge < -0.3 is 11.1 Å². The molecule has 27 heavy (non-hydrogen) atoms. The van der Waals surface area contributed by atoms with Crippen molar-refractivity contribution in [2.75, 3.05) is 5.32 Å². The number of carbonyl (C=O) groups is 2. The summed E-state index contributed by atoms with van der Waals surface area (Å²) in [5, 5.41) is 19.8. The molecule has 9 nitrogen and oxygen atoms in total. The molecule has 0 saturated heterocycles. The largest absolute Gasteiger partial charge is 0.365 e. The van der Waals surface area contributed by atoms with E-state index in [2.05, 4.69) is 36.3 Å². The Kier molecular flexibility index (Phi) is 4.77. The van der Waals surface area contributed by atoms with Crippen molar-refractivity contribution in [3.63, 3.8) is 0 Å². The number of aromatic amines is 1. The third-order valence-electron chi connectivity index (χ3n) is 5.01. The first-order valence-corrected chi connectivity index (χ1v) is 9.34. The van der Waals surface area contributed by atoms with Crippen LogP contribution in [0.3, 0.4) is 0 Å². The van der Waals surface area contributed by atoms with Crippen LogP contribution in [-0.4, -0.2) is 26.9 Å². The van der Waals surface area contributed by atoms with Crippen molar-refractivity contribution >= 4 is 33.8 Å². The van der Waals surface area contributed by atoms with Gasteiger partial charge in [0.15, 0.2) is 0 Å². The van der Waals surface area contributed by atoms with Crippen LogP contribution in [0.1, 0.15) is 58.5 Å². The van der Waals surface area contributed by atoms with Crippen molar-refractivity contribution in [3.05, 3.63) is 38.0 Å². The normalized spacial score (nSPS) is 16.6. The zero-order valence-electron chi connectivity index (χ0n) is 15.3. The number of anilines is 1. The number of thiophene rings is 1. The second-order valence-corrected chi connectivity index (χ2v) is 8.82. The molecule has 0 saturated carbocycles. The summed E-state index contributed by atoms with van der Waals surface area (Å²) >= 11 is 1.31. The molecule has 0 unspecified atom stereocenters. The fraction of sp³-hybridized carbons (Fsp3) is 0.471. The average Bonchev–Trinajstić information content (AvgIpc) is 3.17. The van der Waals surface area contributed by atoms with E-state index >= 15 is 0 Å². The first kappa shape index (κ1) is 19.0. The van der Waals surface area contributed by atoms with Crippen molar-refractivity contribution in [1.29, 1.82) is 0 Å². The predicted octanol–water partition coefficient (Wildman–Crippen LogP) is 2.88. The molecule has 144 valence electrons. The van der Waals surface area contributed by atoms with Gasteiger partial charge in [-0.3, -0.25) is 24.8 Å². The Bertz CT molecular complexity index is 924. The lowest BCUT2D eigenvalue weighted by Gasteiger charge is -2.33. The highest BCUT2D eigenvalue weighted by Crippen LogP contribution is 2.44. The molecule has 1 atom stereocenters. The van der Waals surface area contributed by atoms with Crippen LogP contribution in [0.4, 0.5) is 10.7 Å². The van der Waals surface area contributed by atoms with E-state index in [4.69, 9.17) is 5.73 Å². The lowest BCUT2D eigenvalue weighted by atomic mass is 9.72. The second kappa shape index (κ2) is 6.76. The van der Waals surface area contributed by atoms with Gasteiger partial charge in [-0.15, -0.1) is 11.3 Å². The molecule has 0 aromatic carbocycles. The second-order valence-electron chi connectivity index (χ2n) is 7.72. The van der Waals surface area contributed by atoms with E-state index < -0.39 is 22.4 Å². The summed E-state index contributed by atoms with van der Waals surface area (Å²) in [6.45, 7) is 6.56. The number of H-pyrrole nitrogens is 1. The number of carbonyl (C=O) groups excluding carboxylic acids is 2. The number of nitrogens with two attached hydrogens (primary N) is 1. The maximum Gasteiger partial charge on any atom is 0.319 e. The van der Waals surface area contributed by atoms with Crippen LogP contribution in [-0.2, 0) is 12.8 Å². The van der Waals surface area contributed by atoms with Crippen LogP contribution in [0.2, 0.25) is 0 Å². The van der Waals surface area contributed by atoms with Crippen molar-refractivity contribution < 1.29 is 14.5 Å². The van der Waals surface area contributed by atoms with E-state index in [-0.39, 0.29) is 11.1 Å². The molecule has 2 aromatic heterocycles. The minimum atomic E-state index is -0.729. The first-order valence-electron chi connectivity index (χ1n) is 8.53. The van der Waals surface area contributed by atoms with Crippen LogP contribution in [0.5, 0.6) is 0 Å². The molecular formula is C17H21N5O4S. The number of primary amides is 1. The summed E-state index contributed by atoms with van der Waals surface area (Å²) in [6, 6.07) is 0. The number of nitro groups is 1. The van der Waals surface area contributed by atoms with Gasteiger partial charge in [0.05, 0.1) is 10.5 Å². The topological polar surface area (TPSA) is 144 Å². The Morgan fingerprint density at radius 1 is 1.44 bits per heavy atom. The molecule has 0 radical (unpaired) electrons. The molecule has 2 aromatic rings. The van der Waals surface area contributed by atoms with Crippen molar-refractivity contribution in [2.45, 2.75) is 40.0 Å². The van der Waals surface area contributed by atoms with E-state index in [1.807, 2.05) is 0 Å². The first-order chi connectivity index (χ1) is 12.6. The van der Waals surface area contributed by atoms with Crippen LogP contribution in [0, 0.1) is 21.4 Å². The zero-order valence-corrected chi connectivity index (χ0v) is 16.1. The third kappa shape index (κ3) is 3.57. The maximum atomic E-state index is 12.5. The van der Waals surface area contributed by atoms with E-state index in [9.17, 15) is 19.7 Å². The van der Waals surface area contributed by atoms with Gasteiger partial charge in [0.1, 0.15) is 11.2 Å². The molecule has 1 aliphatic rings. The third-order valence-corrected chi connectivity index (χ3v) is 6.18. The summed E-state index contributed by atoms with van der Waals surface area (Å²) in [5.41, 5.74) is 6.18. The number of aromatic nitrogens is 2. The molecular weight excluding hydrogens is 370 g/mol. The van der Waals surface area contributed by atoms with Gasteiger partial charge >= 0.3 is 5.69 Å². The monoisotopic (exact) mass is 391 g/mol. The van der Waals surface area contributed by atoms with Crippen LogP contribution in [0.25, 0.3) is 0 Å². The number of nitrogens with zero attached hydrogens (tertiary/aromatic N) is 2. The number of nitrogens with one attached hydrogen (secondary N) is 2. The summed E-state index contributed by atoms with van der Waals surface area (Å²) in [7, 11) is 0. The van der Waals surface area contributed by atoms with Crippen molar-refractivity contribution in [2.24, 2.45) is 17.1 Å². The Hall–Kier alpha value is -2.75. The summed E-state index contributed by atoms with van der Waals surface area (Å²) < 4.78 is 0. The molecule has 10 heteroatoms. The van der Waals surface area contributed by atoms with Crippen molar-refractivity contribution in [3.8, 4) is 0 Å². The zero-order chi connectivity index (χ0) is 19.9. The lowest BCUT2D eigenvalue weighted by molar-refractivity contribution is -0.385. The van der Waals surface area contributed by atoms with E-state index in [1.165, 1.54) is 11.3 Å². The standard InChI is InChI=1S/C17H21N5O4S/c1-17(2,3)8-4-5-9-11(6-8)27-16(12(9)14(18)23)20-15(24)13-10(22(25)26)7-19-21-13/h7-8H,4-6H2,1-3H3,(H2,18,23)(H,19,21)(H,20,24)/t8-/m0/s1. The predicted molar refractivity (Wildman–Crippen MR) is 101 cm³/mol. The van der Waals surface area contributed by atoms with Gasteiger partial charge in [-0.05, 0) is 36.2 Å². The maximum absolute atomic E-state index is 12.5. The number of amides is 2. The molecule has 0 fully saturated rings. The lowest BCUT2D eigenvalue weighted by Crippen LogP contribution is -2.27. The SMILES string of the molecule is CC(C)(C)[C@H]1CCc2c(sc(NC(=O)c3[nH]ncc3[N+](=O)[O-])c2C(N)=O)C1. The number of hydrogen-bond acceptors (Lipinski definition) is 6. The van der Waals surface area contributed by atoms with E-state index in [0.29, 0.717) is 22.9 Å². The van der Waals surface area contributed by atoms with Gasteiger partial charge in [-0.25, -0.2) is 0 Å². The number of hydrogen-bond donors (Lipinski definition) is 3. The molecule has 2 heterocycles. The van der Waals surface area contributed by atoms with Crippen LogP contribution < -0.4 is 11.1 Å². The van der Waals surface area contributed by atoms with Gasteiger partial charge in [0, 0.05) is 4.88 Å². The Morgan fingerprint density at radius 3 is 2.74 bits per heavy atom. The smallest absolute Gasteiger partial charge is 0.319 e. The van der Waals surface area contributed by atoms with E-state index in [1.54, 1.807) is 0 Å². The highest BCUT2D eigenvalue weighted by atomic mass is 32.1. The molecule has 0 aliphatic heterocycles. The van der Waals surface area contributed by atoms with Crippen molar-refractivity contribution in [1.82, 2.24) is 10.2 Å². The summed E-state index contributed by atoms with van der Waals surface area (Å²) in [5.74, 6) is -0.884. The van der Waals surface area contributed by atoms with Gasteiger partial charge in [-0.2, -0.15) is 5.10 Å². The molecule has 1 aliphatic carbocycles. The van der Waals surface area contributed by atoms with Crippen LogP contribution >= 0.6 is 11.3 Å². The molecule has 0 spiro atoms. The Labute approximate surface area is 159 Å². The molecule has 2 amide bonds. The summed E-state index contributed by atoms with van der Waals surface area (Å²) in [6.07, 6.45) is 3.43. The highest BCUT2D eigenvalue weighted by Gasteiger charge is 2.34. The van der Waals surface area contributed by atoms with E-state index in [0.717, 1.165) is 29.5 Å². The molecule has 0 bridgehead atoms. The highest BCUT2D eigenvalue weighted by molar-refractivity contribution is 7.17. The van der Waals surface area contributed by atoms with Gasteiger partial charge in [0.2, 0.25) is 5.69 Å². The van der Waals surface area contributed by atoms with Gasteiger partial charge in [-0.1, -0.05) is 20.8 Å². The van der Waals surface area contributed by atoms with Crippen LogP contribution in [0.15, 0.2) is 6.20 Å².